The van der Waals surface area contributed by atoms with Crippen LogP contribution in [0.5, 0.6) is 23.0 Å². The van der Waals surface area contributed by atoms with Gasteiger partial charge in [-0.05, 0) is 62.4 Å². The van der Waals surface area contributed by atoms with Crippen LogP contribution in [0.15, 0.2) is 59.7 Å². The van der Waals surface area contributed by atoms with E-state index in [0.717, 1.165) is 6.07 Å². The molecule has 13 heteroatoms. The highest BCUT2D eigenvalue weighted by Crippen LogP contribution is 2.38. The summed E-state index contributed by atoms with van der Waals surface area (Å²) in [6.07, 6.45) is -3.60. The first-order chi connectivity index (χ1) is 18.0. The molecule has 200 valence electrons. The van der Waals surface area contributed by atoms with E-state index < -0.39 is 34.0 Å². The number of carbonyl (C=O) groups is 1. The number of hydrogen-bond donors (Lipinski definition) is 1. The Kier molecular flexibility index (Phi) is 9.13. The van der Waals surface area contributed by atoms with Crippen molar-refractivity contribution in [1.82, 2.24) is 5.43 Å². The van der Waals surface area contributed by atoms with Crippen LogP contribution in [0.2, 0.25) is 5.02 Å². The zero-order chi connectivity index (χ0) is 27.9. The van der Waals surface area contributed by atoms with E-state index in [9.17, 15) is 28.1 Å². The lowest BCUT2D eigenvalue weighted by atomic mass is 10.1. The number of carbonyl (C=O) groups excluding carboxylic acids is 1. The first-order valence-corrected chi connectivity index (χ1v) is 11.5. The average molecular weight is 552 g/mol. The highest BCUT2D eigenvalue weighted by molar-refractivity contribution is 6.30. The van der Waals surface area contributed by atoms with Crippen LogP contribution in [0.4, 0.5) is 18.9 Å². The Hall–Kier alpha value is -4.32. The van der Waals surface area contributed by atoms with Crippen molar-refractivity contribution in [2.24, 2.45) is 5.10 Å². The number of nitrogens with zero attached hydrogens (tertiary/aromatic N) is 2. The summed E-state index contributed by atoms with van der Waals surface area (Å²) in [5, 5.41) is 15.5. The molecule has 38 heavy (non-hydrogen) atoms. The smallest absolute Gasteiger partial charge is 0.416 e. The molecular weight excluding hydrogens is 531 g/mol. The number of benzene rings is 3. The summed E-state index contributed by atoms with van der Waals surface area (Å²) in [4.78, 5) is 23.0. The molecule has 3 aromatic carbocycles. The average Bonchev–Trinajstić information content (AvgIpc) is 2.86. The number of ether oxygens (including phenoxy) is 3. The Morgan fingerprint density at radius 3 is 2.32 bits per heavy atom. The van der Waals surface area contributed by atoms with Crippen molar-refractivity contribution in [3.63, 3.8) is 0 Å². The maximum atomic E-state index is 13.0. The number of rotatable bonds is 10. The molecule has 0 aromatic heterocycles. The fourth-order valence-corrected chi connectivity index (χ4v) is 3.35. The van der Waals surface area contributed by atoms with Crippen molar-refractivity contribution in [3.8, 4) is 23.0 Å². The predicted octanol–water partition coefficient (Wildman–Crippen LogP) is 6.62. The molecule has 0 radical (unpaired) electrons. The van der Waals surface area contributed by atoms with Crippen LogP contribution in [0, 0.1) is 10.1 Å². The van der Waals surface area contributed by atoms with E-state index in [-0.39, 0.29) is 21.9 Å². The summed E-state index contributed by atoms with van der Waals surface area (Å²) >= 11 is 6.03. The van der Waals surface area contributed by atoms with E-state index in [4.69, 9.17) is 25.8 Å². The molecule has 3 aromatic rings. The standard InChI is InChI=1S/C25H21ClF3N3O6/c1-3-36-22-8-5-15(12-23(22)37-4-2)24(33)31-30-14-16-11-18(26)7-10-20(16)38-21-9-6-17(25(27,28)29)13-19(21)32(34)35/h5-14H,3-4H2,1-2H3,(H,31,33)/b30-14+. The van der Waals surface area contributed by atoms with Crippen LogP contribution in [0.1, 0.15) is 35.3 Å². The van der Waals surface area contributed by atoms with Crippen LogP contribution in [-0.4, -0.2) is 30.3 Å². The molecule has 0 aliphatic carbocycles. The highest BCUT2D eigenvalue weighted by Gasteiger charge is 2.33. The maximum Gasteiger partial charge on any atom is 0.416 e. The van der Waals surface area contributed by atoms with Crippen molar-refractivity contribution in [1.29, 1.82) is 0 Å². The Labute approximate surface area is 219 Å². The van der Waals surface area contributed by atoms with Crippen LogP contribution in [0.25, 0.3) is 0 Å². The summed E-state index contributed by atoms with van der Waals surface area (Å²) in [5.41, 5.74) is 0.678. The number of hydrogen-bond acceptors (Lipinski definition) is 7. The number of nitrogens with one attached hydrogen (secondary N) is 1. The summed E-state index contributed by atoms with van der Waals surface area (Å²) in [6, 6.07) is 10.7. The van der Waals surface area contributed by atoms with E-state index in [2.05, 4.69) is 10.5 Å². The number of amides is 1. The van der Waals surface area contributed by atoms with Crippen LogP contribution >= 0.6 is 11.6 Å². The van der Waals surface area contributed by atoms with Gasteiger partial charge < -0.3 is 14.2 Å². The zero-order valence-corrected chi connectivity index (χ0v) is 20.8. The summed E-state index contributed by atoms with van der Waals surface area (Å²) in [7, 11) is 0. The van der Waals surface area contributed by atoms with Gasteiger partial charge in [0.05, 0.1) is 29.9 Å². The van der Waals surface area contributed by atoms with E-state index in [1.165, 1.54) is 36.5 Å². The lowest BCUT2D eigenvalue weighted by Gasteiger charge is -2.12. The summed E-state index contributed by atoms with van der Waals surface area (Å²) in [5.74, 6) is -0.146. The van der Waals surface area contributed by atoms with Crippen LogP contribution in [0.3, 0.4) is 0 Å². The minimum absolute atomic E-state index is 0.00467. The molecule has 0 spiro atoms. The molecule has 0 aliphatic rings. The predicted molar refractivity (Wildman–Crippen MR) is 133 cm³/mol. The second-order valence-electron chi connectivity index (χ2n) is 7.45. The van der Waals surface area contributed by atoms with Gasteiger partial charge in [0.25, 0.3) is 5.91 Å². The fourth-order valence-electron chi connectivity index (χ4n) is 3.17. The Morgan fingerprint density at radius 1 is 1.00 bits per heavy atom. The molecular formula is C25H21ClF3N3O6. The minimum Gasteiger partial charge on any atom is -0.490 e. The van der Waals surface area contributed by atoms with Crippen molar-refractivity contribution >= 4 is 29.4 Å². The molecule has 0 bridgehead atoms. The third kappa shape index (κ3) is 7.13. The van der Waals surface area contributed by atoms with Crippen LogP contribution in [-0.2, 0) is 6.18 Å². The minimum atomic E-state index is -4.77. The monoisotopic (exact) mass is 551 g/mol. The Balaban J connectivity index is 1.83. The SMILES string of the molecule is CCOc1ccc(C(=O)N/N=C/c2cc(Cl)ccc2Oc2ccc(C(F)(F)F)cc2[N+](=O)[O-])cc1OCC. The topological polar surface area (TPSA) is 112 Å². The third-order valence-corrected chi connectivity index (χ3v) is 5.09. The number of nitro benzene ring substituents is 1. The fraction of sp³-hybridized carbons (Fsp3) is 0.200. The lowest BCUT2D eigenvalue weighted by molar-refractivity contribution is -0.385. The van der Waals surface area contributed by atoms with Gasteiger partial charge in [0.1, 0.15) is 5.75 Å². The van der Waals surface area contributed by atoms with Crippen molar-refractivity contribution < 1.29 is 37.1 Å². The molecule has 0 saturated heterocycles. The number of halogens is 4. The third-order valence-electron chi connectivity index (χ3n) is 4.85. The number of hydrazone groups is 1. The Morgan fingerprint density at radius 2 is 1.66 bits per heavy atom. The first kappa shape index (κ1) is 28.3. The first-order valence-electron chi connectivity index (χ1n) is 11.1. The van der Waals surface area contributed by atoms with E-state index in [0.29, 0.717) is 36.8 Å². The Bertz CT molecular complexity index is 1360. The van der Waals surface area contributed by atoms with Gasteiger partial charge in [-0.25, -0.2) is 5.43 Å². The second kappa shape index (κ2) is 12.3. The van der Waals surface area contributed by atoms with Gasteiger partial charge in [0.2, 0.25) is 5.75 Å². The molecule has 0 atom stereocenters. The van der Waals surface area contributed by atoms with Gasteiger partial charge in [-0.3, -0.25) is 14.9 Å². The van der Waals surface area contributed by atoms with E-state index in [1.54, 1.807) is 13.0 Å². The quantitative estimate of drug-likeness (QED) is 0.172. The molecule has 0 saturated carbocycles. The molecule has 9 nitrogen and oxygen atoms in total. The van der Waals surface area contributed by atoms with Gasteiger partial charge in [-0.2, -0.15) is 18.3 Å². The molecule has 3 rings (SSSR count). The molecule has 1 N–H and O–H groups in total. The van der Waals surface area contributed by atoms with Crippen molar-refractivity contribution in [2.75, 3.05) is 13.2 Å². The lowest BCUT2D eigenvalue weighted by Crippen LogP contribution is -2.18. The van der Waals surface area contributed by atoms with Gasteiger partial charge in [0.15, 0.2) is 11.5 Å². The van der Waals surface area contributed by atoms with Crippen molar-refractivity contribution in [2.45, 2.75) is 20.0 Å². The van der Waals surface area contributed by atoms with E-state index in [1.807, 2.05) is 6.92 Å². The zero-order valence-electron chi connectivity index (χ0n) is 20.0. The number of nitro groups is 1. The molecule has 0 heterocycles. The molecule has 0 aliphatic heterocycles. The van der Waals surface area contributed by atoms with Crippen molar-refractivity contribution in [3.05, 3.63) is 86.4 Å². The molecule has 0 unspecified atom stereocenters. The van der Waals surface area contributed by atoms with Crippen LogP contribution < -0.4 is 19.6 Å². The van der Waals surface area contributed by atoms with Gasteiger partial charge in [-0.1, -0.05) is 11.6 Å². The maximum absolute atomic E-state index is 13.0. The number of alkyl halides is 3. The van der Waals surface area contributed by atoms with E-state index >= 15 is 0 Å². The summed E-state index contributed by atoms with van der Waals surface area (Å²) in [6.45, 7) is 4.37. The van der Waals surface area contributed by atoms with Gasteiger partial charge >= 0.3 is 11.9 Å². The van der Waals surface area contributed by atoms with Gasteiger partial charge in [0, 0.05) is 22.2 Å². The molecule has 0 fully saturated rings. The highest BCUT2D eigenvalue weighted by atomic mass is 35.5. The second-order valence-corrected chi connectivity index (χ2v) is 7.88. The largest absolute Gasteiger partial charge is 0.490 e. The molecule has 1 amide bonds. The normalized spacial score (nSPS) is 11.3. The van der Waals surface area contributed by atoms with Gasteiger partial charge in [-0.15, -0.1) is 0 Å². The summed E-state index contributed by atoms with van der Waals surface area (Å²) < 4.78 is 55.5.